The van der Waals surface area contributed by atoms with Crippen LogP contribution in [-0.2, 0) is 19.9 Å². The molecule has 0 aliphatic heterocycles. The van der Waals surface area contributed by atoms with E-state index in [-0.39, 0.29) is 12.3 Å². The van der Waals surface area contributed by atoms with Crippen molar-refractivity contribution >= 4 is 25.8 Å². The van der Waals surface area contributed by atoms with Crippen molar-refractivity contribution in [1.82, 2.24) is 14.5 Å². The van der Waals surface area contributed by atoms with Gasteiger partial charge in [0, 0.05) is 19.8 Å². The Bertz CT molecular complexity index is 675. The highest BCUT2D eigenvalue weighted by atomic mass is 32.2. The summed E-state index contributed by atoms with van der Waals surface area (Å²) in [6.45, 7) is -0.279. The molecule has 19 heavy (non-hydrogen) atoms. The van der Waals surface area contributed by atoms with Crippen molar-refractivity contribution in [3.63, 3.8) is 0 Å². The number of carbonyl (C=O) groups is 1. The smallest absolute Gasteiger partial charge is 0.340 e. The molecule has 108 valence electrons. The monoisotopic (exact) mass is 311 g/mol. The van der Waals surface area contributed by atoms with Crippen LogP contribution in [0.15, 0.2) is 11.2 Å². The molecule has 1 rings (SSSR count). The number of hydrogen-bond acceptors (Lipinski definition) is 6. The largest absolute Gasteiger partial charge is 0.478 e. The van der Waals surface area contributed by atoms with Crippen LogP contribution in [0.2, 0.25) is 0 Å². The number of aromatic carboxylic acids is 1. The van der Waals surface area contributed by atoms with Crippen molar-refractivity contribution in [2.45, 2.75) is 5.03 Å². The normalized spacial score (nSPS) is 12.8. The van der Waals surface area contributed by atoms with Gasteiger partial charge in [-0.05, 0) is 0 Å². The van der Waals surface area contributed by atoms with E-state index in [0.717, 1.165) is 23.8 Å². The molecule has 0 saturated carbocycles. The second kappa shape index (κ2) is 5.27. The van der Waals surface area contributed by atoms with Crippen molar-refractivity contribution in [2.24, 2.45) is 0 Å². The van der Waals surface area contributed by atoms with Gasteiger partial charge >= 0.3 is 5.97 Å². The highest BCUT2D eigenvalue weighted by Gasteiger charge is 2.29. The SMILES string of the molecule is CN(CCS(C)(=O)=O)S(=O)(=O)c1[nH]ncc1C(=O)O. The van der Waals surface area contributed by atoms with Crippen LogP contribution in [0.25, 0.3) is 0 Å². The number of nitrogens with zero attached hydrogens (tertiary/aromatic N) is 2. The molecule has 0 amide bonds. The zero-order valence-corrected chi connectivity index (χ0v) is 11.8. The fourth-order valence-corrected chi connectivity index (χ4v) is 3.14. The van der Waals surface area contributed by atoms with Crippen molar-refractivity contribution < 1.29 is 26.7 Å². The zero-order valence-electron chi connectivity index (χ0n) is 10.2. The predicted molar refractivity (Wildman–Crippen MR) is 65.1 cm³/mol. The molecule has 0 radical (unpaired) electrons. The maximum Gasteiger partial charge on any atom is 0.340 e. The molecule has 0 aliphatic rings. The number of carboxylic acid groups (broad SMARTS) is 1. The third-order valence-corrected chi connectivity index (χ3v) is 5.03. The number of rotatable bonds is 6. The Morgan fingerprint density at radius 1 is 1.42 bits per heavy atom. The minimum Gasteiger partial charge on any atom is -0.478 e. The lowest BCUT2D eigenvalue weighted by Crippen LogP contribution is -2.32. The van der Waals surface area contributed by atoms with Crippen LogP contribution in [-0.4, -0.2) is 68.0 Å². The lowest BCUT2D eigenvalue weighted by atomic mass is 10.4. The lowest BCUT2D eigenvalue weighted by Gasteiger charge is -2.15. The number of sulfonamides is 1. The lowest BCUT2D eigenvalue weighted by molar-refractivity contribution is 0.0692. The Kier molecular flexibility index (Phi) is 4.32. The average Bonchev–Trinajstić information content (AvgIpc) is 2.74. The summed E-state index contributed by atoms with van der Waals surface area (Å²) >= 11 is 0. The molecule has 2 N–H and O–H groups in total. The second-order valence-electron chi connectivity index (χ2n) is 3.87. The van der Waals surface area contributed by atoms with E-state index in [9.17, 15) is 21.6 Å². The maximum atomic E-state index is 12.0. The van der Waals surface area contributed by atoms with E-state index < -0.39 is 36.4 Å². The summed E-state index contributed by atoms with van der Waals surface area (Å²) in [7, 11) is -6.29. The molecule has 0 atom stereocenters. The van der Waals surface area contributed by atoms with E-state index in [1.165, 1.54) is 0 Å². The van der Waals surface area contributed by atoms with E-state index >= 15 is 0 Å². The average molecular weight is 311 g/mol. The first-order valence-corrected chi connectivity index (χ1v) is 8.46. The van der Waals surface area contributed by atoms with Gasteiger partial charge in [-0.15, -0.1) is 0 Å². The molecule has 11 heteroatoms. The van der Waals surface area contributed by atoms with E-state index in [4.69, 9.17) is 5.11 Å². The molecule has 1 aromatic rings. The molecule has 0 unspecified atom stereocenters. The van der Waals surface area contributed by atoms with E-state index in [1.807, 2.05) is 0 Å². The van der Waals surface area contributed by atoms with Crippen molar-refractivity contribution in [3.05, 3.63) is 11.8 Å². The van der Waals surface area contributed by atoms with Crippen LogP contribution in [0.3, 0.4) is 0 Å². The molecule has 0 aromatic carbocycles. The van der Waals surface area contributed by atoms with Gasteiger partial charge in [-0.1, -0.05) is 0 Å². The number of aromatic nitrogens is 2. The quantitative estimate of drug-likeness (QED) is 0.671. The van der Waals surface area contributed by atoms with Gasteiger partial charge in [0.05, 0.1) is 11.9 Å². The van der Waals surface area contributed by atoms with Crippen LogP contribution in [0.1, 0.15) is 10.4 Å². The fraction of sp³-hybridized carbons (Fsp3) is 0.500. The summed E-state index contributed by atoms with van der Waals surface area (Å²) in [6, 6.07) is 0. The number of aromatic amines is 1. The standard InChI is InChI=1S/C8H13N3O6S2/c1-11(3-4-18(2,14)15)19(16,17)7-6(8(12)13)5-9-10-7/h5H,3-4H2,1-2H3,(H,9,10)(H,12,13). The Morgan fingerprint density at radius 3 is 2.47 bits per heavy atom. The van der Waals surface area contributed by atoms with E-state index in [2.05, 4.69) is 10.2 Å². The predicted octanol–water partition coefficient (Wildman–Crippen LogP) is -1.23. The van der Waals surface area contributed by atoms with Gasteiger partial charge in [0.1, 0.15) is 15.4 Å². The number of sulfone groups is 1. The van der Waals surface area contributed by atoms with Gasteiger partial charge in [0.2, 0.25) is 0 Å². The molecular formula is C8H13N3O6S2. The zero-order chi connectivity index (χ0) is 14.8. The first-order valence-electron chi connectivity index (χ1n) is 4.96. The minimum atomic E-state index is -4.12. The molecule has 1 heterocycles. The Labute approximate surface area is 110 Å². The number of carboxylic acids is 1. The minimum absolute atomic E-state index is 0.279. The third kappa shape index (κ3) is 3.75. The Balaban J connectivity index is 3.04. The van der Waals surface area contributed by atoms with E-state index in [0.29, 0.717) is 0 Å². The Hall–Kier alpha value is -1.46. The molecule has 9 nitrogen and oxygen atoms in total. The van der Waals surface area contributed by atoms with Crippen LogP contribution < -0.4 is 0 Å². The van der Waals surface area contributed by atoms with Gasteiger partial charge < -0.3 is 5.11 Å². The van der Waals surface area contributed by atoms with Crippen molar-refractivity contribution in [1.29, 1.82) is 0 Å². The summed E-state index contributed by atoms with van der Waals surface area (Å²) in [4.78, 5) is 10.8. The van der Waals surface area contributed by atoms with Gasteiger partial charge in [0.25, 0.3) is 10.0 Å². The molecule has 0 aliphatic carbocycles. The van der Waals surface area contributed by atoms with Crippen LogP contribution in [0.4, 0.5) is 0 Å². The van der Waals surface area contributed by atoms with Gasteiger partial charge in [-0.3, -0.25) is 5.10 Å². The number of nitrogens with one attached hydrogen (secondary N) is 1. The van der Waals surface area contributed by atoms with E-state index in [1.54, 1.807) is 0 Å². The highest BCUT2D eigenvalue weighted by Crippen LogP contribution is 2.16. The highest BCUT2D eigenvalue weighted by molar-refractivity contribution is 7.91. The third-order valence-electron chi connectivity index (χ3n) is 2.28. The number of hydrogen-bond donors (Lipinski definition) is 2. The summed E-state index contributed by atoms with van der Waals surface area (Å²) in [5.41, 5.74) is -0.494. The van der Waals surface area contributed by atoms with Crippen LogP contribution in [0, 0.1) is 0 Å². The van der Waals surface area contributed by atoms with Gasteiger partial charge in [-0.25, -0.2) is 21.6 Å². The molecule has 0 saturated heterocycles. The van der Waals surface area contributed by atoms with Crippen molar-refractivity contribution in [3.8, 4) is 0 Å². The molecular weight excluding hydrogens is 298 g/mol. The fourth-order valence-electron chi connectivity index (χ4n) is 1.19. The summed E-state index contributed by atoms with van der Waals surface area (Å²) in [5, 5.41) is 13.7. The second-order valence-corrected chi connectivity index (χ2v) is 8.12. The Morgan fingerprint density at radius 2 is 2.00 bits per heavy atom. The first kappa shape index (κ1) is 15.6. The van der Waals surface area contributed by atoms with Crippen LogP contribution in [0.5, 0.6) is 0 Å². The first-order chi connectivity index (χ1) is 8.55. The summed E-state index contributed by atoms with van der Waals surface area (Å²) in [6.07, 6.45) is 1.85. The number of H-pyrrole nitrogens is 1. The van der Waals surface area contributed by atoms with Gasteiger partial charge in [-0.2, -0.15) is 9.40 Å². The summed E-state index contributed by atoms with van der Waals surface area (Å²) < 4.78 is 46.8. The van der Waals surface area contributed by atoms with Gasteiger partial charge in [0.15, 0.2) is 5.03 Å². The molecule has 0 fully saturated rings. The topological polar surface area (TPSA) is 138 Å². The van der Waals surface area contributed by atoms with Crippen LogP contribution >= 0.6 is 0 Å². The maximum absolute atomic E-state index is 12.0. The molecule has 0 spiro atoms. The molecule has 0 bridgehead atoms. The van der Waals surface area contributed by atoms with Crippen molar-refractivity contribution in [2.75, 3.05) is 25.6 Å². The summed E-state index contributed by atoms with van der Waals surface area (Å²) in [5.74, 6) is -1.80. The molecule has 1 aromatic heterocycles.